The maximum Gasteiger partial charge on any atom is 0.305 e. The molecule has 1 rings (SSSR count). The van der Waals surface area contributed by atoms with Crippen molar-refractivity contribution in [2.45, 2.75) is 371 Å². The first kappa shape index (κ1) is 82.9. The van der Waals surface area contributed by atoms with Crippen LogP contribution in [0.2, 0.25) is 0 Å². The molecule has 0 radical (unpaired) electrons. The van der Waals surface area contributed by atoms with Crippen LogP contribution < -0.4 is 5.32 Å². The second kappa shape index (κ2) is 65.3. The largest absolute Gasteiger partial charge is 0.466 e. The number of carbonyl (C=O) groups excluding carboxylic acids is 2. The minimum Gasteiger partial charge on any atom is -0.466 e. The number of amides is 1. The highest BCUT2D eigenvalue weighted by molar-refractivity contribution is 5.76. The van der Waals surface area contributed by atoms with Crippen molar-refractivity contribution in [1.82, 2.24) is 5.32 Å². The normalized spacial score (nSPS) is 18.3. The molecular formula is C77H137NO10. The average Bonchev–Trinajstić information content (AvgIpc) is 3.35. The molecule has 11 nitrogen and oxygen atoms in total. The van der Waals surface area contributed by atoms with Crippen molar-refractivity contribution in [2.24, 2.45) is 0 Å². The van der Waals surface area contributed by atoms with Crippen LogP contribution in [0.4, 0.5) is 0 Å². The number of allylic oxidation sites excluding steroid dienone is 13. The molecule has 7 atom stereocenters. The smallest absolute Gasteiger partial charge is 0.305 e. The Labute approximate surface area is 540 Å². The fourth-order valence-electron chi connectivity index (χ4n) is 11.2. The summed E-state index contributed by atoms with van der Waals surface area (Å²) in [6.45, 7) is 4.06. The maximum absolute atomic E-state index is 13.0. The molecule has 510 valence electrons. The molecule has 1 aliphatic rings. The fraction of sp³-hybridized carbons (Fsp3) is 0.792. The third-order valence-corrected chi connectivity index (χ3v) is 17.0. The van der Waals surface area contributed by atoms with Crippen molar-refractivity contribution in [3.8, 4) is 0 Å². The van der Waals surface area contributed by atoms with Gasteiger partial charge < -0.3 is 45.1 Å². The van der Waals surface area contributed by atoms with Crippen LogP contribution in [0.1, 0.15) is 328 Å². The Morgan fingerprint density at radius 2 is 0.818 bits per heavy atom. The van der Waals surface area contributed by atoms with Gasteiger partial charge in [-0.15, -0.1) is 0 Å². The van der Waals surface area contributed by atoms with Crippen LogP contribution in [0, 0.1) is 0 Å². The van der Waals surface area contributed by atoms with Crippen molar-refractivity contribution >= 4 is 11.9 Å². The number of nitrogens with one attached hydrogen (secondary N) is 1. The highest BCUT2D eigenvalue weighted by Crippen LogP contribution is 2.23. The van der Waals surface area contributed by atoms with Gasteiger partial charge in [0.25, 0.3) is 0 Å². The Hall–Kier alpha value is -3.16. The lowest BCUT2D eigenvalue weighted by atomic mass is 9.99. The summed E-state index contributed by atoms with van der Waals surface area (Å²) in [5.41, 5.74) is 0. The summed E-state index contributed by atoms with van der Waals surface area (Å²) in [7, 11) is 0. The van der Waals surface area contributed by atoms with Crippen LogP contribution >= 0.6 is 0 Å². The van der Waals surface area contributed by atoms with Crippen LogP contribution in [0.15, 0.2) is 85.1 Å². The number of hydrogen-bond donors (Lipinski definition) is 6. The van der Waals surface area contributed by atoms with E-state index in [-0.39, 0.29) is 18.5 Å². The van der Waals surface area contributed by atoms with Gasteiger partial charge in [0, 0.05) is 12.8 Å². The summed E-state index contributed by atoms with van der Waals surface area (Å²) in [5.74, 6) is -0.200. The molecule has 0 aromatic heterocycles. The summed E-state index contributed by atoms with van der Waals surface area (Å²) in [6.07, 6.45) is 80.6. The quantitative estimate of drug-likeness (QED) is 0.0195. The predicted molar refractivity (Wildman–Crippen MR) is 370 cm³/mol. The van der Waals surface area contributed by atoms with Gasteiger partial charge in [0.2, 0.25) is 5.91 Å². The number of aliphatic hydroxyl groups is 5. The second-order valence-electron chi connectivity index (χ2n) is 25.3. The summed E-state index contributed by atoms with van der Waals surface area (Å²) in [5, 5.41) is 54.2. The van der Waals surface area contributed by atoms with E-state index in [1.165, 1.54) is 225 Å². The van der Waals surface area contributed by atoms with Crippen molar-refractivity contribution < 1.29 is 49.3 Å². The molecule has 1 saturated heterocycles. The Morgan fingerprint density at radius 1 is 0.443 bits per heavy atom. The second-order valence-corrected chi connectivity index (χ2v) is 25.3. The monoisotopic (exact) mass is 1240 g/mol. The van der Waals surface area contributed by atoms with E-state index >= 15 is 0 Å². The molecule has 1 amide bonds. The number of unbranched alkanes of at least 4 members (excludes halogenated alkanes) is 39. The molecule has 6 N–H and O–H groups in total. The van der Waals surface area contributed by atoms with Gasteiger partial charge in [0.1, 0.15) is 24.4 Å². The molecule has 0 bridgehead atoms. The zero-order valence-electron chi connectivity index (χ0n) is 56.7. The number of rotatable bonds is 64. The molecule has 1 heterocycles. The number of aliphatic hydroxyl groups excluding tert-OH is 5. The van der Waals surface area contributed by atoms with Gasteiger partial charge in [0.05, 0.1) is 32.0 Å². The molecule has 0 saturated carbocycles. The molecule has 0 aromatic carbocycles. The lowest BCUT2D eigenvalue weighted by molar-refractivity contribution is -0.302. The molecule has 11 heteroatoms. The van der Waals surface area contributed by atoms with Crippen LogP contribution in [-0.2, 0) is 23.8 Å². The van der Waals surface area contributed by atoms with E-state index in [2.05, 4.69) is 79.1 Å². The molecule has 1 aliphatic heterocycles. The minimum atomic E-state index is -1.58. The van der Waals surface area contributed by atoms with Gasteiger partial charge in [-0.25, -0.2) is 0 Å². The zero-order valence-corrected chi connectivity index (χ0v) is 56.7. The number of hydrogen-bond acceptors (Lipinski definition) is 10. The van der Waals surface area contributed by atoms with Crippen LogP contribution in [0.3, 0.4) is 0 Å². The number of ether oxygens (including phenoxy) is 3. The first-order valence-electron chi connectivity index (χ1n) is 36.8. The fourth-order valence-corrected chi connectivity index (χ4v) is 11.2. The molecule has 1 fully saturated rings. The first-order valence-corrected chi connectivity index (χ1v) is 36.8. The van der Waals surface area contributed by atoms with Gasteiger partial charge in [-0.2, -0.15) is 0 Å². The molecular weight excluding hydrogens is 1100 g/mol. The van der Waals surface area contributed by atoms with Crippen molar-refractivity contribution in [3.05, 3.63) is 85.1 Å². The van der Waals surface area contributed by atoms with E-state index in [0.29, 0.717) is 19.4 Å². The van der Waals surface area contributed by atoms with E-state index in [9.17, 15) is 35.1 Å². The number of carbonyl (C=O) groups is 2. The Bertz CT molecular complexity index is 1740. The molecule has 7 unspecified atom stereocenters. The summed E-state index contributed by atoms with van der Waals surface area (Å²) in [6, 6.07) is -0.833. The Kier molecular flexibility index (Phi) is 61.5. The van der Waals surface area contributed by atoms with E-state index in [4.69, 9.17) is 14.2 Å². The van der Waals surface area contributed by atoms with Crippen molar-refractivity contribution in [1.29, 1.82) is 0 Å². The third kappa shape index (κ3) is 53.5. The van der Waals surface area contributed by atoms with Crippen molar-refractivity contribution in [3.63, 3.8) is 0 Å². The van der Waals surface area contributed by atoms with Gasteiger partial charge in [-0.1, -0.05) is 291 Å². The summed E-state index contributed by atoms with van der Waals surface area (Å²) >= 11 is 0. The van der Waals surface area contributed by atoms with Gasteiger partial charge in [-0.3, -0.25) is 9.59 Å². The third-order valence-electron chi connectivity index (χ3n) is 17.0. The zero-order chi connectivity index (χ0) is 63.7. The van der Waals surface area contributed by atoms with E-state index in [1.807, 2.05) is 19.1 Å². The standard InChI is InChI=1S/C77H137NO10/c1-3-5-7-9-11-13-14-15-42-45-49-53-57-61-65-73(82)86-66-62-58-54-50-46-43-40-38-36-34-32-30-28-26-24-22-20-18-16-17-19-21-23-25-27-29-31-33-35-37-39-41-44-48-52-56-60-64-72(81)78-69(70(80)63-59-55-51-47-12-10-8-6-4-2)68-87-77-76(85)75(84)74(83)71(67-79)88-77/h4,6,9,11-12,14-16,18,22,24,47,59,63,69-71,74-77,79-80,83-85H,3,5,7-8,10,13,17,19-21,23,25-46,48-58,60-62,64-68H2,1-2H3,(H,78,81)/b6-4+,11-9-,15-14-,18-16-,24-22-,47-12+,63-59+. The van der Waals surface area contributed by atoms with Crippen molar-refractivity contribution in [2.75, 3.05) is 19.8 Å². The molecule has 88 heavy (non-hydrogen) atoms. The highest BCUT2D eigenvalue weighted by Gasteiger charge is 2.44. The molecule has 0 spiro atoms. The molecule has 0 aliphatic carbocycles. The number of esters is 1. The van der Waals surface area contributed by atoms with Gasteiger partial charge >= 0.3 is 5.97 Å². The average molecular weight is 1240 g/mol. The van der Waals surface area contributed by atoms with Crippen LogP contribution in [0.5, 0.6) is 0 Å². The Balaban J connectivity index is 1.89. The van der Waals surface area contributed by atoms with E-state index in [1.54, 1.807) is 6.08 Å². The SMILES string of the molecule is C/C=C/CC/C=C/CC/C=C/C(O)C(COC1OC(CO)C(O)C(O)C1O)NC(=O)CCCCCCCCCCCCCCCCCCC/C=C\C/C=C\CCCCCCCCCCCCCCCOC(=O)CCCCCCC/C=C\C/C=C\CCCC. The predicted octanol–water partition coefficient (Wildman–Crippen LogP) is 19.2. The summed E-state index contributed by atoms with van der Waals surface area (Å²) < 4.78 is 16.7. The van der Waals surface area contributed by atoms with E-state index in [0.717, 1.165) is 77.0 Å². The van der Waals surface area contributed by atoms with Crippen LogP contribution in [0.25, 0.3) is 0 Å². The van der Waals surface area contributed by atoms with Crippen LogP contribution in [-0.4, -0.2) is 100 Å². The lowest BCUT2D eigenvalue weighted by Crippen LogP contribution is -2.60. The van der Waals surface area contributed by atoms with E-state index < -0.39 is 49.5 Å². The molecule has 0 aromatic rings. The highest BCUT2D eigenvalue weighted by atomic mass is 16.7. The van der Waals surface area contributed by atoms with Gasteiger partial charge in [0.15, 0.2) is 6.29 Å². The topological polar surface area (TPSA) is 175 Å². The summed E-state index contributed by atoms with van der Waals surface area (Å²) in [4.78, 5) is 25.1. The van der Waals surface area contributed by atoms with Gasteiger partial charge in [-0.05, 0) is 110 Å². The first-order chi connectivity index (χ1) is 43.2. The minimum absolute atomic E-state index is 0.00302. The Morgan fingerprint density at radius 3 is 1.25 bits per heavy atom. The maximum atomic E-state index is 13.0. The lowest BCUT2D eigenvalue weighted by Gasteiger charge is -2.40.